The number of hydrogen-bond acceptors (Lipinski definition) is 4. The number of carbonyl (C=O) groups is 2. The Morgan fingerprint density at radius 2 is 1.74 bits per heavy atom. The number of primary amides is 1. The van der Waals surface area contributed by atoms with E-state index in [9.17, 15) is 14.7 Å². The second-order valence-electron chi connectivity index (χ2n) is 5.00. The van der Waals surface area contributed by atoms with Gasteiger partial charge in [0.15, 0.2) is 0 Å². The molecule has 23 heavy (non-hydrogen) atoms. The van der Waals surface area contributed by atoms with E-state index in [0.717, 1.165) is 10.5 Å². The second-order valence-corrected chi connectivity index (χ2v) is 5.00. The Hall–Kier alpha value is -3.02. The van der Waals surface area contributed by atoms with Gasteiger partial charge in [-0.1, -0.05) is 30.3 Å². The van der Waals surface area contributed by atoms with Gasteiger partial charge in [0, 0.05) is 5.69 Å². The first-order valence-electron chi connectivity index (χ1n) is 7.07. The Bertz CT molecular complexity index is 671. The summed E-state index contributed by atoms with van der Waals surface area (Å²) in [5.41, 5.74) is 6.55. The van der Waals surface area contributed by atoms with E-state index in [-0.39, 0.29) is 12.4 Å². The molecule has 0 spiro atoms. The van der Waals surface area contributed by atoms with Gasteiger partial charge in [-0.2, -0.15) is 0 Å². The van der Waals surface area contributed by atoms with Gasteiger partial charge in [-0.25, -0.2) is 4.79 Å². The van der Waals surface area contributed by atoms with E-state index >= 15 is 0 Å². The fourth-order valence-corrected chi connectivity index (χ4v) is 2.02. The van der Waals surface area contributed by atoms with Crippen LogP contribution in [0.5, 0.6) is 5.75 Å². The maximum atomic E-state index is 12.4. The average Bonchev–Trinajstić information content (AvgIpc) is 2.55. The zero-order chi connectivity index (χ0) is 16.8. The van der Waals surface area contributed by atoms with Gasteiger partial charge in [-0.05, 0) is 36.8 Å². The summed E-state index contributed by atoms with van der Waals surface area (Å²) in [6.07, 6.45) is -0.689. The van der Waals surface area contributed by atoms with E-state index in [4.69, 9.17) is 10.5 Å². The number of aromatic hydroxyl groups is 1. The number of amides is 2. The highest BCUT2D eigenvalue weighted by atomic mass is 16.6. The third-order valence-electron chi connectivity index (χ3n) is 3.33. The number of phenols is 1. The fourth-order valence-electron chi connectivity index (χ4n) is 2.02. The van der Waals surface area contributed by atoms with Crippen LogP contribution in [-0.2, 0) is 16.1 Å². The molecule has 6 nitrogen and oxygen atoms in total. The van der Waals surface area contributed by atoms with Gasteiger partial charge in [0.1, 0.15) is 18.4 Å². The highest BCUT2D eigenvalue weighted by molar-refractivity contribution is 5.96. The molecule has 0 fully saturated rings. The van der Waals surface area contributed by atoms with Gasteiger partial charge in [-0.3, -0.25) is 9.69 Å². The molecule has 2 rings (SSSR count). The molecule has 120 valence electrons. The lowest BCUT2D eigenvalue weighted by molar-refractivity contribution is -0.118. The summed E-state index contributed by atoms with van der Waals surface area (Å²) in [4.78, 5) is 25.0. The van der Waals surface area contributed by atoms with E-state index in [1.165, 1.54) is 31.2 Å². The minimum atomic E-state index is -0.886. The van der Waals surface area contributed by atoms with Crippen molar-refractivity contribution in [3.63, 3.8) is 0 Å². The molecule has 0 aromatic heterocycles. The summed E-state index contributed by atoms with van der Waals surface area (Å²) in [5, 5.41) is 9.35. The minimum Gasteiger partial charge on any atom is -0.508 e. The monoisotopic (exact) mass is 314 g/mol. The van der Waals surface area contributed by atoms with Gasteiger partial charge >= 0.3 is 6.09 Å². The predicted octanol–water partition coefficient (Wildman–Crippen LogP) is 2.41. The lowest BCUT2D eigenvalue weighted by Gasteiger charge is -2.26. The van der Waals surface area contributed by atoms with Crippen LogP contribution >= 0.6 is 0 Å². The number of phenolic OH excluding ortho intramolecular Hbond substituents is 1. The third kappa shape index (κ3) is 4.23. The predicted molar refractivity (Wildman–Crippen MR) is 85.9 cm³/mol. The Balaban J connectivity index is 2.17. The second kappa shape index (κ2) is 7.31. The number of anilines is 1. The van der Waals surface area contributed by atoms with Crippen molar-refractivity contribution in [2.45, 2.75) is 19.6 Å². The smallest absolute Gasteiger partial charge is 0.415 e. The summed E-state index contributed by atoms with van der Waals surface area (Å²) in [7, 11) is 0. The van der Waals surface area contributed by atoms with E-state index in [1.54, 1.807) is 0 Å². The van der Waals surface area contributed by atoms with Crippen molar-refractivity contribution in [2.24, 2.45) is 5.73 Å². The highest BCUT2D eigenvalue weighted by Crippen LogP contribution is 2.22. The number of rotatable bonds is 5. The van der Waals surface area contributed by atoms with Crippen LogP contribution in [0.1, 0.15) is 12.5 Å². The zero-order valence-electron chi connectivity index (χ0n) is 12.7. The number of carbonyl (C=O) groups excluding carboxylic acids is 2. The SMILES string of the molecule is C[C@@H](C(N)=O)N(C(=O)OCc1ccccc1)c1ccc(O)cc1. The number of nitrogens with two attached hydrogens (primary N) is 1. The van der Waals surface area contributed by atoms with Crippen molar-refractivity contribution in [2.75, 3.05) is 4.90 Å². The molecule has 2 amide bonds. The van der Waals surface area contributed by atoms with E-state index in [2.05, 4.69) is 0 Å². The molecule has 2 aromatic carbocycles. The molecule has 0 heterocycles. The van der Waals surface area contributed by atoms with Crippen LogP contribution in [0.25, 0.3) is 0 Å². The maximum absolute atomic E-state index is 12.4. The van der Waals surface area contributed by atoms with Gasteiger partial charge in [0.25, 0.3) is 0 Å². The van der Waals surface area contributed by atoms with Crippen molar-refractivity contribution in [3.8, 4) is 5.75 Å². The summed E-state index contributed by atoms with van der Waals surface area (Å²) >= 11 is 0. The Morgan fingerprint density at radius 3 is 2.30 bits per heavy atom. The molecule has 0 radical (unpaired) electrons. The molecule has 1 atom stereocenters. The molecular formula is C17H18N2O4. The Labute approximate surface area is 134 Å². The maximum Gasteiger partial charge on any atom is 0.415 e. The van der Waals surface area contributed by atoms with Crippen molar-refractivity contribution in [1.29, 1.82) is 0 Å². The third-order valence-corrected chi connectivity index (χ3v) is 3.33. The standard InChI is InChI=1S/C17H18N2O4/c1-12(16(18)21)19(14-7-9-15(20)10-8-14)17(22)23-11-13-5-3-2-4-6-13/h2-10,12,20H,11H2,1H3,(H2,18,21)/t12-/m0/s1. The average molecular weight is 314 g/mol. The minimum absolute atomic E-state index is 0.0538. The quantitative estimate of drug-likeness (QED) is 0.886. The largest absolute Gasteiger partial charge is 0.508 e. The van der Waals surface area contributed by atoms with E-state index in [0.29, 0.717) is 5.69 Å². The summed E-state index contributed by atoms with van der Waals surface area (Å²) < 4.78 is 5.26. The molecule has 0 aliphatic heterocycles. The van der Waals surface area contributed by atoms with Gasteiger partial charge in [0.2, 0.25) is 5.91 Å². The first kappa shape index (κ1) is 16.4. The number of ether oxygens (including phenoxy) is 1. The number of nitrogens with zero attached hydrogens (tertiary/aromatic N) is 1. The molecule has 0 saturated heterocycles. The normalized spacial score (nSPS) is 11.5. The molecule has 0 bridgehead atoms. The van der Waals surface area contributed by atoms with Crippen molar-refractivity contribution >= 4 is 17.7 Å². The summed E-state index contributed by atoms with van der Waals surface area (Å²) in [6.45, 7) is 1.60. The Morgan fingerprint density at radius 1 is 1.13 bits per heavy atom. The van der Waals surface area contributed by atoms with E-state index in [1.807, 2.05) is 30.3 Å². The van der Waals surface area contributed by atoms with Crippen molar-refractivity contribution < 1.29 is 19.4 Å². The molecular weight excluding hydrogens is 296 g/mol. The van der Waals surface area contributed by atoms with Crippen molar-refractivity contribution in [1.82, 2.24) is 0 Å². The lowest BCUT2D eigenvalue weighted by Crippen LogP contribution is -2.46. The summed E-state index contributed by atoms with van der Waals surface area (Å²) in [5.74, 6) is -0.604. The van der Waals surface area contributed by atoms with Crippen LogP contribution < -0.4 is 10.6 Å². The first-order valence-corrected chi connectivity index (χ1v) is 7.07. The number of hydrogen-bond donors (Lipinski definition) is 2. The molecule has 0 unspecified atom stereocenters. The summed E-state index contributed by atoms with van der Waals surface area (Å²) in [6, 6.07) is 14.2. The molecule has 0 aliphatic rings. The zero-order valence-corrected chi connectivity index (χ0v) is 12.7. The highest BCUT2D eigenvalue weighted by Gasteiger charge is 2.27. The van der Waals surface area contributed by atoms with Gasteiger partial charge < -0.3 is 15.6 Å². The van der Waals surface area contributed by atoms with Gasteiger partial charge in [-0.15, -0.1) is 0 Å². The van der Waals surface area contributed by atoms with Crippen LogP contribution in [0.2, 0.25) is 0 Å². The number of benzene rings is 2. The van der Waals surface area contributed by atoms with Gasteiger partial charge in [0.05, 0.1) is 0 Å². The lowest BCUT2D eigenvalue weighted by atomic mass is 10.2. The van der Waals surface area contributed by atoms with E-state index < -0.39 is 18.0 Å². The fraction of sp³-hybridized carbons (Fsp3) is 0.176. The Kier molecular flexibility index (Phi) is 5.19. The van der Waals surface area contributed by atoms with Crippen LogP contribution in [0.15, 0.2) is 54.6 Å². The van der Waals surface area contributed by atoms with Crippen molar-refractivity contribution in [3.05, 3.63) is 60.2 Å². The van der Waals surface area contributed by atoms with Crippen LogP contribution in [0.4, 0.5) is 10.5 Å². The molecule has 2 aromatic rings. The topological polar surface area (TPSA) is 92.9 Å². The van der Waals surface area contributed by atoms with Crippen LogP contribution in [-0.4, -0.2) is 23.1 Å². The van der Waals surface area contributed by atoms with Crippen LogP contribution in [0, 0.1) is 0 Å². The molecule has 0 aliphatic carbocycles. The molecule has 3 N–H and O–H groups in total. The molecule has 0 saturated carbocycles. The molecule has 6 heteroatoms. The first-order chi connectivity index (χ1) is 11.0. The van der Waals surface area contributed by atoms with Crippen LogP contribution in [0.3, 0.4) is 0 Å².